The predicted molar refractivity (Wildman–Crippen MR) is 75.5 cm³/mol. The molecule has 1 atom stereocenters. The zero-order chi connectivity index (χ0) is 14.4. The first-order valence-corrected chi connectivity index (χ1v) is 6.58. The summed E-state index contributed by atoms with van der Waals surface area (Å²) < 4.78 is 0. The van der Waals surface area contributed by atoms with E-state index in [9.17, 15) is 9.90 Å². The molecule has 0 amide bonds. The SMILES string of the molecule is Cc1ccc(CCNCC(O)CC(=O)O)c(C)c1C. The van der Waals surface area contributed by atoms with Crippen molar-refractivity contribution in [3.8, 4) is 0 Å². The van der Waals surface area contributed by atoms with Crippen LogP contribution in [0.15, 0.2) is 12.1 Å². The topological polar surface area (TPSA) is 69.6 Å². The van der Waals surface area contributed by atoms with Crippen LogP contribution < -0.4 is 5.32 Å². The summed E-state index contributed by atoms with van der Waals surface area (Å²) in [5, 5.41) is 21.0. The fourth-order valence-electron chi connectivity index (χ4n) is 2.05. The molecule has 0 aromatic heterocycles. The van der Waals surface area contributed by atoms with Crippen LogP contribution in [0.25, 0.3) is 0 Å². The van der Waals surface area contributed by atoms with Crippen LogP contribution >= 0.6 is 0 Å². The summed E-state index contributed by atoms with van der Waals surface area (Å²) in [6.45, 7) is 7.40. The molecule has 0 radical (unpaired) electrons. The van der Waals surface area contributed by atoms with Gasteiger partial charge in [-0.3, -0.25) is 4.79 Å². The number of aliphatic carboxylic acids is 1. The highest BCUT2D eigenvalue weighted by atomic mass is 16.4. The van der Waals surface area contributed by atoms with Crippen LogP contribution in [0.1, 0.15) is 28.7 Å². The molecule has 0 aliphatic heterocycles. The monoisotopic (exact) mass is 265 g/mol. The van der Waals surface area contributed by atoms with Gasteiger partial charge in [-0.1, -0.05) is 12.1 Å². The first-order chi connectivity index (χ1) is 8.91. The number of aryl methyl sites for hydroxylation is 1. The molecule has 0 spiro atoms. The molecule has 0 saturated carbocycles. The van der Waals surface area contributed by atoms with Gasteiger partial charge in [-0.2, -0.15) is 0 Å². The number of hydrogen-bond acceptors (Lipinski definition) is 3. The molecule has 0 heterocycles. The molecule has 0 aliphatic rings. The molecule has 1 aromatic carbocycles. The van der Waals surface area contributed by atoms with Crippen LogP contribution in [0.4, 0.5) is 0 Å². The van der Waals surface area contributed by atoms with E-state index in [0.29, 0.717) is 6.54 Å². The van der Waals surface area contributed by atoms with Crippen molar-refractivity contribution in [2.45, 2.75) is 39.7 Å². The number of aliphatic hydroxyl groups is 1. The molecule has 0 fully saturated rings. The van der Waals surface area contributed by atoms with Gasteiger partial charge in [0.15, 0.2) is 0 Å². The van der Waals surface area contributed by atoms with E-state index in [1.54, 1.807) is 0 Å². The number of carboxylic acid groups (broad SMARTS) is 1. The van der Waals surface area contributed by atoms with Gasteiger partial charge in [0.2, 0.25) is 0 Å². The van der Waals surface area contributed by atoms with Gasteiger partial charge in [-0.05, 0) is 56.0 Å². The van der Waals surface area contributed by atoms with E-state index in [1.807, 2.05) is 0 Å². The van der Waals surface area contributed by atoms with Crippen molar-refractivity contribution in [3.05, 3.63) is 34.4 Å². The standard InChI is InChI=1S/C15H23NO3/c1-10-4-5-13(12(3)11(10)2)6-7-16-9-14(17)8-15(18)19/h4-5,14,16-17H,6-9H2,1-3H3,(H,18,19). The number of nitrogens with one attached hydrogen (secondary N) is 1. The number of carboxylic acids is 1. The lowest BCUT2D eigenvalue weighted by Crippen LogP contribution is -2.30. The van der Waals surface area contributed by atoms with Gasteiger partial charge < -0.3 is 15.5 Å². The molecule has 0 aliphatic carbocycles. The fourth-order valence-corrected chi connectivity index (χ4v) is 2.05. The largest absolute Gasteiger partial charge is 0.481 e. The summed E-state index contributed by atoms with van der Waals surface area (Å²) in [6, 6.07) is 4.25. The van der Waals surface area contributed by atoms with E-state index in [4.69, 9.17) is 5.11 Å². The van der Waals surface area contributed by atoms with Crippen LogP contribution in [0.3, 0.4) is 0 Å². The number of benzene rings is 1. The quantitative estimate of drug-likeness (QED) is 0.655. The summed E-state index contributed by atoms with van der Waals surface area (Å²) in [7, 11) is 0. The Kier molecular flexibility index (Phi) is 5.99. The van der Waals surface area contributed by atoms with Gasteiger partial charge in [0.05, 0.1) is 12.5 Å². The van der Waals surface area contributed by atoms with Crippen LogP contribution in [-0.4, -0.2) is 35.4 Å². The molecule has 1 rings (SSSR count). The number of rotatable bonds is 7. The van der Waals surface area contributed by atoms with Crippen molar-refractivity contribution in [2.75, 3.05) is 13.1 Å². The lowest BCUT2D eigenvalue weighted by molar-refractivity contribution is -0.139. The first kappa shape index (κ1) is 15.7. The summed E-state index contributed by atoms with van der Waals surface area (Å²) in [5.74, 6) is -0.973. The van der Waals surface area contributed by atoms with E-state index >= 15 is 0 Å². The molecule has 1 unspecified atom stereocenters. The Morgan fingerprint density at radius 2 is 1.95 bits per heavy atom. The molecule has 4 heteroatoms. The minimum Gasteiger partial charge on any atom is -0.481 e. The maximum Gasteiger partial charge on any atom is 0.306 e. The Labute approximate surface area is 114 Å². The van der Waals surface area contributed by atoms with Crippen LogP contribution in [-0.2, 0) is 11.2 Å². The van der Waals surface area contributed by atoms with Crippen molar-refractivity contribution >= 4 is 5.97 Å². The van der Waals surface area contributed by atoms with E-state index in [-0.39, 0.29) is 6.42 Å². The highest BCUT2D eigenvalue weighted by Crippen LogP contribution is 2.17. The first-order valence-electron chi connectivity index (χ1n) is 6.58. The van der Waals surface area contributed by atoms with Gasteiger partial charge in [0.1, 0.15) is 0 Å². The second kappa shape index (κ2) is 7.26. The maximum atomic E-state index is 10.4. The Morgan fingerprint density at radius 3 is 2.58 bits per heavy atom. The average Bonchev–Trinajstić information content (AvgIpc) is 2.33. The molecule has 4 nitrogen and oxygen atoms in total. The number of hydrogen-bond donors (Lipinski definition) is 3. The highest BCUT2D eigenvalue weighted by Gasteiger charge is 2.09. The molecule has 0 bridgehead atoms. The molecular formula is C15H23NO3. The average molecular weight is 265 g/mol. The smallest absolute Gasteiger partial charge is 0.306 e. The fraction of sp³-hybridized carbons (Fsp3) is 0.533. The van der Waals surface area contributed by atoms with Crippen LogP contribution in [0, 0.1) is 20.8 Å². The molecule has 106 valence electrons. The molecule has 0 saturated heterocycles. The van der Waals surface area contributed by atoms with Gasteiger partial charge in [0.25, 0.3) is 0 Å². The summed E-state index contributed by atoms with van der Waals surface area (Å²) in [6.07, 6.45) is -0.152. The lowest BCUT2D eigenvalue weighted by atomic mass is 9.97. The third-order valence-corrected chi connectivity index (χ3v) is 3.53. The molecule has 3 N–H and O–H groups in total. The minimum atomic E-state index is -0.973. The number of aliphatic hydroxyl groups excluding tert-OH is 1. The number of carbonyl (C=O) groups is 1. The Bertz CT molecular complexity index is 443. The second-order valence-corrected chi connectivity index (χ2v) is 5.00. The van der Waals surface area contributed by atoms with Crippen molar-refractivity contribution in [3.63, 3.8) is 0 Å². The minimum absolute atomic E-state index is 0.213. The van der Waals surface area contributed by atoms with Gasteiger partial charge in [-0.15, -0.1) is 0 Å². The van der Waals surface area contributed by atoms with E-state index in [2.05, 4.69) is 38.2 Å². The zero-order valence-electron chi connectivity index (χ0n) is 11.9. The van der Waals surface area contributed by atoms with E-state index < -0.39 is 12.1 Å². The second-order valence-electron chi connectivity index (χ2n) is 5.00. The summed E-state index contributed by atoms with van der Waals surface area (Å²) in [5.41, 5.74) is 5.23. The van der Waals surface area contributed by atoms with E-state index in [1.165, 1.54) is 22.3 Å². The molecule has 1 aromatic rings. The summed E-state index contributed by atoms with van der Waals surface area (Å²) in [4.78, 5) is 10.4. The third-order valence-electron chi connectivity index (χ3n) is 3.53. The zero-order valence-corrected chi connectivity index (χ0v) is 11.9. The molecular weight excluding hydrogens is 242 g/mol. The van der Waals surface area contributed by atoms with Crippen molar-refractivity contribution in [2.24, 2.45) is 0 Å². The lowest BCUT2D eigenvalue weighted by Gasteiger charge is -2.13. The molecule has 19 heavy (non-hydrogen) atoms. The van der Waals surface area contributed by atoms with Crippen molar-refractivity contribution in [1.82, 2.24) is 5.32 Å². The predicted octanol–water partition coefficient (Wildman–Crippen LogP) is 1.58. The third kappa shape index (κ3) is 5.01. The van der Waals surface area contributed by atoms with Crippen LogP contribution in [0.2, 0.25) is 0 Å². The van der Waals surface area contributed by atoms with Crippen molar-refractivity contribution in [1.29, 1.82) is 0 Å². The van der Waals surface area contributed by atoms with Gasteiger partial charge in [-0.25, -0.2) is 0 Å². The maximum absolute atomic E-state index is 10.4. The van der Waals surface area contributed by atoms with Gasteiger partial charge in [0, 0.05) is 6.54 Å². The highest BCUT2D eigenvalue weighted by molar-refractivity contribution is 5.67. The Balaban J connectivity index is 2.38. The van der Waals surface area contributed by atoms with Crippen molar-refractivity contribution < 1.29 is 15.0 Å². The Morgan fingerprint density at radius 1 is 1.26 bits per heavy atom. The van der Waals surface area contributed by atoms with E-state index in [0.717, 1.165) is 13.0 Å². The normalized spacial score (nSPS) is 12.4. The van der Waals surface area contributed by atoms with Crippen LogP contribution in [0.5, 0.6) is 0 Å². The summed E-state index contributed by atoms with van der Waals surface area (Å²) >= 11 is 0. The van der Waals surface area contributed by atoms with Gasteiger partial charge >= 0.3 is 5.97 Å². The Hall–Kier alpha value is -1.39.